The van der Waals surface area contributed by atoms with Crippen molar-refractivity contribution in [2.24, 2.45) is 0 Å². The summed E-state index contributed by atoms with van der Waals surface area (Å²) < 4.78 is 11.0. The minimum Gasteiger partial charge on any atom is -0.485 e. The van der Waals surface area contributed by atoms with Crippen molar-refractivity contribution in [2.75, 3.05) is 13.2 Å². The monoisotopic (exact) mass is 293 g/mol. The van der Waals surface area contributed by atoms with Gasteiger partial charge in [0.2, 0.25) is 6.10 Å². The van der Waals surface area contributed by atoms with Gasteiger partial charge in [-0.3, -0.25) is 4.79 Å². The number of carbonyl (C=O) groups is 2. The molecule has 2 aliphatic rings. The molecule has 0 bridgehead atoms. The number of nitrogens with zero attached hydrogens (tertiary/aromatic N) is 1. The summed E-state index contributed by atoms with van der Waals surface area (Å²) in [6.45, 7) is 0.0199. The lowest BCUT2D eigenvalue weighted by atomic mass is 10.2. The van der Waals surface area contributed by atoms with Gasteiger partial charge >= 0.3 is 5.97 Å². The molecule has 2 heterocycles. The first-order valence-electron chi connectivity index (χ1n) is 6.66. The normalized spacial score (nSPS) is 27.5. The SMILES string of the molecule is O=C(O)[C@@H]1C[C@@H](O)CN1C(=O)C1COc2ccccc2O1. The van der Waals surface area contributed by atoms with Crippen LogP contribution in [0.4, 0.5) is 0 Å². The minimum atomic E-state index is -1.13. The Hall–Kier alpha value is -2.28. The molecule has 21 heavy (non-hydrogen) atoms. The number of rotatable bonds is 2. The number of aliphatic hydroxyl groups excluding tert-OH is 1. The molecule has 1 aromatic rings. The first-order valence-corrected chi connectivity index (χ1v) is 6.66. The van der Waals surface area contributed by atoms with E-state index in [0.29, 0.717) is 11.5 Å². The Morgan fingerprint density at radius 2 is 1.95 bits per heavy atom. The number of benzene rings is 1. The number of carbonyl (C=O) groups excluding carboxylic acids is 1. The number of β-amino-alcohol motifs (C(OH)–C–C–N with tert-alkyl or cyclic N) is 1. The van der Waals surface area contributed by atoms with E-state index in [-0.39, 0.29) is 19.6 Å². The van der Waals surface area contributed by atoms with Crippen LogP contribution < -0.4 is 9.47 Å². The molecule has 1 unspecified atom stereocenters. The van der Waals surface area contributed by atoms with Crippen molar-refractivity contribution >= 4 is 11.9 Å². The van der Waals surface area contributed by atoms with Crippen LogP contribution in [0, 0.1) is 0 Å². The van der Waals surface area contributed by atoms with E-state index in [1.807, 2.05) is 0 Å². The highest BCUT2D eigenvalue weighted by Crippen LogP contribution is 2.32. The maximum absolute atomic E-state index is 12.4. The molecule has 2 N–H and O–H groups in total. The Bertz CT molecular complexity index is 574. The molecule has 3 rings (SSSR count). The Labute approximate surface area is 120 Å². The summed E-state index contributed by atoms with van der Waals surface area (Å²) in [5.41, 5.74) is 0. The number of carboxylic acid groups (broad SMARTS) is 1. The van der Waals surface area contributed by atoms with Crippen LogP contribution in [0.3, 0.4) is 0 Å². The highest BCUT2D eigenvalue weighted by atomic mass is 16.6. The highest BCUT2D eigenvalue weighted by Gasteiger charge is 2.42. The molecular weight excluding hydrogens is 278 g/mol. The van der Waals surface area contributed by atoms with Crippen LogP contribution in [-0.2, 0) is 9.59 Å². The van der Waals surface area contributed by atoms with Gasteiger partial charge in [0.1, 0.15) is 12.6 Å². The van der Waals surface area contributed by atoms with Gasteiger partial charge in [-0.1, -0.05) is 12.1 Å². The number of aliphatic hydroxyl groups is 1. The minimum absolute atomic E-state index is 0.00267. The number of ether oxygens (including phenoxy) is 2. The largest absolute Gasteiger partial charge is 0.485 e. The Morgan fingerprint density at radius 3 is 2.67 bits per heavy atom. The second-order valence-corrected chi connectivity index (χ2v) is 5.10. The summed E-state index contributed by atoms with van der Waals surface area (Å²) in [5.74, 6) is -0.600. The molecule has 3 atom stereocenters. The molecule has 1 amide bonds. The van der Waals surface area contributed by atoms with Crippen molar-refractivity contribution in [3.05, 3.63) is 24.3 Å². The quantitative estimate of drug-likeness (QED) is 0.788. The lowest BCUT2D eigenvalue weighted by molar-refractivity contribution is -0.152. The van der Waals surface area contributed by atoms with Gasteiger partial charge in [0.15, 0.2) is 11.5 Å². The Kier molecular flexibility index (Phi) is 3.42. The van der Waals surface area contributed by atoms with Gasteiger partial charge in [-0.05, 0) is 12.1 Å². The number of carboxylic acids is 1. The van der Waals surface area contributed by atoms with Gasteiger partial charge in [-0.25, -0.2) is 4.79 Å². The molecule has 1 aromatic carbocycles. The van der Waals surface area contributed by atoms with Crippen LogP contribution in [-0.4, -0.2) is 58.4 Å². The Morgan fingerprint density at radius 1 is 1.24 bits per heavy atom. The summed E-state index contributed by atoms with van der Waals surface area (Å²) in [6, 6.07) is 5.95. The van der Waals surface area contributed by atoms with Crippen molar-refractivity contribution in [3.8, 4) is 11.5 Å². The second kappa shape index (κ2) is 5.25. The third kappa shape index (κ3) is 2.52. The third-order valence-corrected chi connectivity index (χ3v) is 3.63. The van der Waals surface area contributed by atoms with E-state index >= 15 is 0 Å². The summed E-state index contributed by atoms with van der Waals surface area (Å²) in [6.07, 6.45) is -1.69. The molecule has 0 aliphatic carbocycles. The fourth-order valence-corrected chi connectivity index (χ4v) is 2.62. The topological polar surface area (TPSA) is 96.3 Å². The number of likely N-dealkylation sites (tertiary alicyclic amines) is 1. The van der Waals surface area contributed by atoms with Crippen LogP contribution >= 0.6 is 0 Å². The van der Waals surface area contributed by atoms with E-state index < -0.39 is 30.1 Å². The highest BCUT2D eigenvalue weighted by molar-refractivity contribution is 5.87. The maximum atomic E-state index is 12.4. The van der Waals surface area contributed by atoms with Crippen LogP contribution in [0.15, 0.2) is 24.3 Å². The third-order valence-electron chi connectivity index (χ3n) is 3.63. The second-order valence-electron chi connectivity index (χ2n) is 5.10. The summed E-state index contributed by atoms with van der Waals surface area (Å²) in [4.78, 5) is 24.7. The molecule has 7 nitrogen and oxygen atoms in total. The molecule has 2 aliphatic heterocycles. The number of hydrogen-bond donors (Lipinski definition) is 2. The zero-order valence-corrected chi connectivity index (χ0v) is 11.1. The number of para-hydroxylation sites is 2. The zero-order valence-electron chi connectivity index (χ0n) is 11.1. The van der Waals surface area contributed by atoms with Gasteiger partial charge in [0.05, 0.1) is 6.10 Å². The van der Waals surface area contributed by atoms with E-state index in [1.54, 1.807) is 24.3 Å². The Balaban J connectivity index is 1.76. The summed E-state index contributed by atoms with van der Waals surface area (Å²) in [5, 5.41) is 18.7. The maximum Gasteiger partial charge on any atom is 0.326 e. The van der Waals surface area contributed by atoms with E-state index in [2.05, 4.69) is 0 Å². The van der Waals surface area contributed by atoms with E-state index in [9.17, 15) is 14.7 Å². The van der Waals surface area contributed by atoms with E-state index in [1.165, 1.54) is 0 Å². The van der Waals surface area contributed by atoms with Gasteiger partial charge in [-0.15, -0.1) is 0 Å². The molecule has 0 aromatic heterocycles. The lowest BCUT2D eigenvalue weighted by Gasteiger charge is -2.30. The van der Waals surface area contributed by atoms with Gasteiger partial charge in [0.25, 0.3) is 5.91 Å². The average Bonchev–Trinajstić information content (AvgIpc) is 2.88. The van der Waals surface area contributed by atoms with Crippen molar-refractivity contribution in [1.29, 1.82) is 0 Å². The molecule has 1 fully saturated rings. The van der Waals surface area contributed by atoms with Gasteiger partial charge in [-0.2, -0.15) is 0 Å². The van der Waals surface area contributed by atoms with Gasteiger partial charge in [0, 0.05) is 13.0 Å². The fourth-order valence-electron chi connectivity index (χ4n) is 2.62. The first kappa shape index (κ1) is 13.7. The van der Waals surface area contributed by atoms with Crippen LogP contribution in [0.5, 0.6) is 11.5 Å². The zero-order chi connectivity index (χ0) is 15.0. The van der Waals surface area contributed by atoms with Crippen molar-refractivity contribution in [2.45, 2.75) is 24.7 Å². The van der Waals surface area contributed by atoms with Gasteiger partial charge < -0.3 is 24.6 Å². The first-order chi connectivity index (χ1) is 10.1. The summed E-state index contributed by atoms with van der Waals surface area (Å²) >= 11 is 0. The molecular formula is C14H15NO6. The molecule has 7 heteroatoms. The van der Waals surface area contributed by atoms with Crippen molar-refractivity contribution in [3.63, 3.8) is 0 Å². The number of amides is 1. The molecule has 1 saturated heterocycles. The van der Waals surface area contributed by atoms with Crippen LogP contribution in [0.2, 0.25) is 0 Å². The predicted octanol–water partition coefficient (Wildman–Crippen LogP) is -0.127. The average molecular weight is 293 g/mol. The number of hydrogen-bond acceptors (Lipinski definition) is 5. The smallest absolute Gasteiger partial charge is 0.326 e. The van der Waals surface area contributed by atoms with Crippen LogP contribution in [0.1, 0.15) is 6.42 Å². The van der Waals surface area contributed by atoms with Crippen molar-refractivity contribution < 1.29 is 29.3 Å². The predicted molar refractivity (Wildman–Crippen MR) is 70.1 cm³/mol. The molecule has 0 saturated carbocycles. The fraction of sp³-hybridized carbons (Fsp3) is 0.429. The molecule has 0 spiro atoms. The van der Waals surface area contributed by atoms with Crippen molar-refractivity contribution in [1.82, 2.24) is 4.90 Å². The standard InChI is InChI=1S/C14H15NO6/c16-8-5-9(14(18)19)15(6-8)13(17)12-7-20-10-3-1-2-4-11(10)21-12/h1-4,8-9,12,16H,5-7H2,(H,18,19)/t8-,9+,12?/m1/s1. The lowest BCUT2D eigenvalue weighted by Crippen LogP contribution is -2.50. The molecule has 0 radical (unpaired) electrons. The number of aliphatic carboxylic acids is 1. The van der Waals surface area contributed by atoms with E-state index in [0.717, 1.165) is 4.90 Å². The van der Waals surface area contributed by atoms with E-state index in [4.69, 9.17) is 14.6 Å². The number of fused-ring (bicyclic) bond motifs is 1. The molecule has 112 valence electrons. The van der Waals surface area contributed by atoms with Crippen LogP contribution in [0.25, 0.3) is 0 Å². The summed E-state index contributed by atoms with van der Waals surface area (Å²) in [7, 11) is 0.